The highest BCUT2D eigenvalue weighted by atomic mass is 32.1. The molecule has 3 rings (SSSR count). The summed E-state index contributed by atoms with van der Waals surface area (Å²) in [6.45, 7) is 2.14. The molecule has 17 heavy (non-hydrogen) atoms. The Kier molecular flexibility index (Phi) is 2.94. The molecule has 3 heterocycles. The number of aryl methyl sites for hydroxylation is 1. The molecule has 0 aliphatic carbocycles. The van der Waals surface area contributed by atoms with E-state index in [1.165, 1.54) is 23.5 Å². The van der Waals surface area contributed by atoms with E-state index in [9.17, 15) is 0 Å². The van der Waals surface area contributed by atoms with Crippen LogP contribution in [0, 0.1) is 0 Å². The Hall–Kier alpha value is -1.20. The largest absolute Gasteiger partial charge is 0.337 e. The van der Waals surface area contributed by atoms with Crippen LogP contribution in [-0.4, -0.2) is 26.0 Å². The van der Waals surface area contributed by atoms with Crippen LogP contribution < -0.4 is 0 Å². The summed E-state index contributed by atoms with van der Waals surface area (Å²) in [7, 11) is 2.05. The Balaban J connectivity index is 1.77. The maximum atomic E-state index is 4.45. The molecule has 2 aromatic rings. The Bertz CT molecular complexity index is 476. The third-order valence-electron chi connectivity index (χ3n) is 3.38. The van der Waals surface area contributed by atoms with Gasteiger partial charge in [0.05, 0.1) is 18.1 Å². The van der Waals surface area contributed by atoms with Crippen LogP contribution in [0.15, 0.2) is 24.1 Å². The molecular weight excluding hydrogens is 232 g/mol. The Morgan fingerprint density at radius 3 is 3.18 bits per heavy atom. The zero-order valence-electron chi connectivity index (χ0n) is 9.91. The highest BCUT2D eigenvalue weighted by Crippen LogP contribution is 2.33. The monoisotopic (exact) mass is 248 g/mol. The molecule has 0 amide bonds. The van der Waals surface area contributed by atoms with E-state index in [1.54, 1.807) is 11.3 Å². The number of imidazole rings is 1. The molecule has 0 bridgehead atoms. The number of aromatic nitrogens is 3. The lowest BCUT2D eigenvalue weighted by atomic mass is 10.2. The third-order valence-corrected chi connectivity index (χ3v) is 4.26. The van der Waals surface area contributed by atoms with Crippen molar-refractivity contribution in [3.8, 4) is 0 Å². The van der Waals surface area contributed by atoms with Crippen molar-refractivity contribution in [3.05, 3.63) is 34.8 Å². The molecule has 1 aliphatic heterocycles. The minimum absolute atomic E-state index is 0.505. The van der Waals surface area contributed by atoms with Crippen molar-refractivity contribution in [2.24, 2.45) is 7.05 Å². The number of nitrogens with zero attached hydrogens (tertiary/aromatic N) is 4. The molecule has 1 saturated heterocycles. The van der Waals surface area contributed by atoms with Gasteiger partial charge in [0, 0.05) is 31.4 Å². The summed E-state index contributed by atoms with van der Waals surface area (Å²) in [6, 6.07) is 0.505. The zero-order chi connectivity index (χ0) is 11.7. The predicted molar refractivity (Wildman–Crippen MR) is 67.7 cm³/mol. The number of rotatable bonds is 3. The van der Waals surface area contributed by atoms with Crippen LogP contribution in [0.1, 0.15) is 29.6 Å². The molecule has 1 fully saturated rings. The quantitative estimate of drug-likeness (QED) is 0.835. The fourth-order valence-corrected chi connectivity index (χ4v) is 3.25. The predicted octanol–water partition coefficient (Wildman–Crippen LogP) is 2.21. The molecule has 0 unspecified atom stereocenters. The molecular formula is C12H16N4S. The smallest absolute Gasteiger partial charge is 0.110 e. The second-order valence-corrected chi connectivity index (χ2v) is 5.42. The normalized spacial score (nSPS) is 21.1. The number of likely N-dealkylation sites (tertiary alicyclic amines) is 1. The Morgan fingerprint density at radius 2 is 2.47 bits per heavy atom. The van der Waals surface area contributed by atoms with Crippen molar-refractivity contribution < 1.29 is 0 Å². The molecule has 1 aliphatic rings. The van der Waals surface area contributed by atoms with E-state index in [-0.39, 0.29) is 0 Å². The molecule has 0 spiro atoms. The van der Waals surface area contributed by atoms with Crippen LogP contribution in [-0.2, 0) is 13.6 Å². The number of thiazole rings is 1. The summed E-state index contributed by atoms with van der Waals surface area (Å²) in [5.41, 5.74) is 1.27. The Labute approximate surface area is 105 Å². The van der Waals surface area contributed by atoms with Gasteiger partial charge in [0.15, 0.2) is 0 Å². The number of hydrogen-bond acceptors (Lipinski definition) is 4. The summed E-state index contributed by atoms with van der Waals surface area (Å²) in [4.78, 5) is 11.1. The molecule has 1 atom stereocenters. The van der Waals surface area contributed by atoms with Crippen molar-refractivity contribution in [1.82, 2.24) is 19.4 Å². The van der Waals surface area contributed by atoms with Crippen molar-refractivity contribution in [1.29, 1.82) is 0 Å². The molecule has 90 valence electrons. The standard InChI is InChI=1S/C12H16N4S/c1-15-9-13-7-10(15)8-16-5-2-3-11(16)12-14-4-6-17-12/h4,6-7,9,11H,2-3,5,8H2,1H3/t11-/m0/s1. The van der Waals surface area contributed by atoms with E-state index in [0.29, 0.717) is 6.04 Å². The van der Waals surface area contributed by atoms with E-state index in [0.717, 1.165) is 13.1 Å². The van der Waals surface area contributed by atoms with Gasteiger partial charge in [0.1, 0.15) is 5.01 Å². The zero-order valence-corrected chi connectivity index (χ0v) is 10.7. The van der Waals surface area contributed by atoms with E-state index in [4.69, 9.17) is 0 Å². The van der Waals surface area contributed by atoms with E-state index in [2.05, 4.69) is 31.9 Å². The van der Waals surface area contributed by atoms with Crippen molar-refractivity contribution in [3.63, 3.8) is 0 Å². The highest BCUT2D eigenvalue weighted by Gasteiger charge is 2.28. The summed E-state index contributed by atoms with van der Waals surface area (Å²) < 4.78 is 2.09. The fourth-order valence-electron chi connectivity index (χ4n) is 2.44. The summed E-state index contributed by atoms with van der Waals surface area (Å²) in [6.07, 6.45) is 8.22. The van der Waals surface area contributed by atoms with Crippen LogP contribution in [0.4, 0.5) is 0 Å². The lowest BCUT2D eigenvalue weighted by molar-refractivity contribution is 0.242. The maximum absolute atomic E-state index is 4.45. The SMILES string of the molecule is Cn1cncc1CN1CCC[C@H]1c1nccs1. The van der Waals surface area contributed by atoms with Gasteiger partial charge >= 0.3 is 0 Å². The van der Waals surface area contributed by atoms with Gasteiger partial charge < -0.3 is 4.57 Å². The van der Waals surface area contributed by atoms with Crippen LogP contribution in [0.5, 0.6) is 0 Å². The van der Waals surface area contributed by atoms with Gasteiger partial charge in [-0.2, -0.15) is 0 Å². The minimum Gasteiger partial charge on any atom is -0.337 e. The fraction of sp³-hybridized carbons (Fsp3) is 0.500. The minimum atomic E-state index is 0.505. The van der Waals surface area contributed by atoms with Crippen molar-refractivity contribution in [2.45, 2.75) is 25.4 Å². The van der Waals surface area contributed by atoms with E-state index < -0.39 is 0 Å². The van der Waals surface area contributed by atoms with Gasteiger partial charge in [0.25, 0.3) is 0 Å². The van der Waals surface area contributed by atoms with Gasteiger partial charge in [-0.1, -0.05) is 0 Å². The summed E-state index contributed by atoms with van der Waals surface area (Å²) in [5, 5.41) is 3.32. The third kappa shape index (κ3) is 2.12. The maximum Gasteiger partial charge on any atom is 0.110 e. The summed E-state index contributed by atoms with van der Waals surface area (Å²) in [5.74, 6) is 0. The van der Waals surface area contributed by atoms with Crippen LogP contribution in [0.2, 0.25) is 0 Å². The van der Waals surface area contributed by atoms with Crippen molar-refractivity contribution >= 4 is 11.3 Å². The molecule has 5 heteroatoms. The topological polar surface area (TPSA) is 34.0 Å². The lowest BCUT2D eigenvalue weighted by Crippen LogP contribution is -2.23. The van der Waals surface area contributed by atoms with Crippen LogP contribution >= 0.6 is 11.3 Å². The van der Waals surface area contributed by atoms with E-state index in [1.807, 2.05) is 18.7 Å². The van der Waals surface area contributed by atoms with Gasteiger partial charge in [-0.25, -0.2) is 9.97 Å². The second-order valence-electron chi connectivity index (χ2n) is 4.49. The second kappa shape index (κ2) is 4.58. The van der Waals surface area contributed by atoms with Crippen LogP contribution in [0.25, 0.3) is 0 Å². The molecule has 4 nitrogen and oxygen atoms in total. The highest BCUT2D eigenvalue weighted by molar-refractivity contribution is 7.09. The average Bonchev–Trinajstić information content (AvgIpc) is 3.02. The first-order valence-electron chi connectivity index (χ1n) is 5.93. The first-order chi connectivity index (χ1) is 8.34. The first-order valence-corrected chi connectivity index (χ1v) is 6.81. The van der Waals surface area contributed by atoms with E-state index >= 15 is 0 Å². The first kappa shape index (κ1) is 10.9. The number of hydrogen-bond donors (Lipinski definition) is 0. The Morgan fingerprint density at radius 1 is 1.53 bits per heavy atom. The lowest BCUT2D eigenvalue weighted by Gasteiger charge is -2.22. The molecule has 0 aromatic carbocycles. The molecule has 0 saturated carbocycles. The molecule has 0 N–H and O–H groups in total. The molecule has 0 radical (unpaired) electrons. The molecule has 2 aromatic heterocycles. The van der Waals surface area contributed by atoms with Gasteiger partial charge in [-0.3, -0.25) is 4.90 Å². The van der Waals surface area contributed by atoms with Gasteiger partial charge in [0.2, 0.25) is 0 Å². The van der Waals surface area contributed by atoms with Gasteiger partial charge in [-0.15, -0.1) is 11.3 Å². The van der Waals surface area contributed by atoms with Crippen LogP contribution in [0.3, 0.4) is 0 Å². The summed E-state index contributed by atoms with van der Waals surface area (Å²) >= 11 is 1.77. The average molecular weight is 248 g/mol. The van der Waals surface area contributed by atoms with Crippen molar-refractivity contribution in [2.75, 3.05) is 6.54 Å². The van der Waals surface area contributed by atoms with Gasteiger partial charge in [-0.05, 0) is 19.4 Å².